The quantitative estimate of drug-likeness (QED) is 0.391. The average Bonchev–Trinajstić information content (AvgIpc) is 2.60. The average molecular weight is 326 g/mol. The number of methoxy groups -OCH3 is 2. The van der Waals surface area contributed by atoms with Gasteiger partial charge >= 0.3 is 0 Å². The lowest BCUT2D eigenvalue weighted by atomic mass is 10.0. The molecule has 0 unspecified atom stereocenters. The number of aromatic hydroxyl groups is 1. The zero-order valence-corrected chi connectivity index (χ0v) is 13.0. The van der Waals surface area contributed by atoms with Crippen LogP contribution in [0.4, 0.5) is 5.69 Å². The highest BCUT2D eigenvalue weighted by Crippen LogP contribution is 2.38. The van der Waals surface area contributed by atoms with E-state index in [1.807, 2.05) is 6.07 Å². The van der Waals surface area contributed by atoms with Crippen LogP contribution in [0.2, 0.25) is 0 Å². The van der Waals surface area contributed by atoms with Crippen molar-refractivity contribution in [2.75, 3.05) is 14.2 Å². The number of allylic oxidation sites excluding steroid dienone is 1. The van der Waals surface area contributed by atoms with Gasteiger partial charge in [0.25, 0.3) is 5.69 Å². The topological polar surface area (TPSA) is 106 Å². The molecule has 0 saturated heterocycles. The Hall–Kier alpha value is -3.53. The number of phenols is 1. The number of phenolic OH excluding ortho intramolecular Hbond substituents is 1. The van der Waals surface area contributed by atoms with Crippen LogP contribution in [0.5, 0.6) is 17.2 Å². The molecule has 2 aromatic rings. The SMILES string of the molecule is COc1cc(/C=C(/C#N)c2cccc([N+](=O)[O-])c2)cc(OC)c1O. The Morgan fingerprint density at radius 1 is 1.25 bits per heavy atom. The van der Waals surface area contributed by atoms with Gasteiger partial charge in [-0.05, 0) is 29.3 Å². The summed E-state index contributed by atoms with van der Waals surface area (Å²) in [6.45, 7) is 0. The molecule has 24 heavy (non-hydrogen) atoms. The summed E-state index contributed by atoms with van der Waals surface area (Å²) in [7, 11) is 2.79. The summed E-state index contributed by atoms with van der Waals surface area (Å²) in [5.41, 5.74) is 1.09. The second-order valence-corrected chi connectivity index (χ2v) is 4.75. The van der Waals surface area contributed by atoms with Crippen molar-refractivity contribution >= 4 is 17.3 Å². The monoisotopic (exact) mass is 326 g/mol. The van der Waals surface area contributed by atoms with Gasteiger partial charge < -0.3 is 14.6 Å². The Morgan fingerprint density at radius 2 is 1.88 bits per heavy atom. The summed E-state index contributed by atoms with van der Waals surface area (Å²) in [6.07, 6.45) is 1.53. The molecule has 0 fully saturated rings. The molecule has 0 radical (unpaired) electrons. The molecule has 0 saturated carbocycles. The number of nitriles is 1. The van der Waals surface area contributed by atoms with E-state index < -0.39 is 4.92 Å². The van der Waals surface area contributed by atoms with Crippen LogP contribution in [0.25, 0.3) is 11.6 Å². The molecule has 1 N–H and O–H groups in total. The highest BCUT2D eigenvalue weighted by atomic mass is 16.6. The zero-order valence-electron chi connectivity index (χ0n) is 13.0. The lowest BCUT2D eigenvalue weighted by molar-refractivity contribution is -0.384. The first-order valence-electron chi connectivity index (χ1n) is 6.81. The maximum absolute atomic E-state index is 10.9. The normalized spacial score (nSPS) is 10.8. The van der Waals surface area contributed by atoms with Crippen LogP contribution in [0, 0.1) is 21.4 Å². The Kier molecular flexibility index (Phi) is 5.02. The molecule has 0 bridgehead atoms. The number of ether oxygens (including phenoxy) is 2. The molecule has 0 aromatic heterocycles. The van der Waals surface area contributed by atoms with Crippen molar-refractivity contribution in [3.63, 3.8) is 0 Å². The van der Waals surface area contributed by atoms with Crippen LogP contribution >= 0.6 is 0 Å². The van der Waals surface area contributed by atoms with Crippen LogP contribution in [-0.4, -0.2) is 24.2 Å². The van der Waals surface area contributed by atoms with E-state index in [4.69, 9.17) is 9.47 Å². The molecule has 0 aliphatic carbocycles. The number of rotatable bonds is 5. The van der Waals surface area contributed by atoms with Gasteiger partial charge in [-0.1, -0.05) is 12.1 Å². The molecule has 2 rings (SSSR count). The van der Waals surface area contributed by atoms with Crippen molar-refractivity contribution in [1.82, 2.24) is 0 Å². The van der Waals surface area contributed by atoms with E-state index in [-0.39, 0.29) is 28.5 Å². The third-order valence-corrected chi connectivity index (χ3v) is 3.30. The Labute approximate surface area is 138 Å². The molecule has 0 spiro atoms. The third-order valence-electron chi connectivity index (χ3n) is 3.30. The van der Waals surface area contributed by atoms with Gasteiger partial charge in [-0.25, -0.2) is 0 Å². The summed E-state index contributed by atoms with van der Waals surface area (Å²) < 4.78 is 10.1. The van der Waals surface area contributed by atoms with E-state index in [1.54, 1.807) is 6.07 Å². The second-order valence-electron chi connectivity index (χ2n) is 4.75. The molecule has 0 heterocycles. The van der Waals surface area contributed by atoms with Gasteiger partial charge in [-0.15, -0.1) is 0 Å². The molecule has 0 amide bonds. The molecule has 7 nitrogen and oxygen atoms in total. The van der Waals surface area contributed by atoms with Gasteiger partial charge in [0, 0.05) is 12.1 Å². The van der Waals surface area contributed by atoms with E-state index in [9.17, 15) is 20.5 Å². The zero-order chi connectivity index (χ0) is 17.7. The molecule has 122 valence electrons. The van der Waals surface area contributed by atoms with Gasteiger partial charge in [-0.3, -0.25) is 10.1 Å². The minimum Gasteiger partial charge on any atom is -0.502 e. The van der Waals surface area contributed by atoms with Crippen molar-refractivity contribution < 1.29 is 19.5 Å². The van der Waals surface area contributed by atoms with E-state index in [2.05, 4.69) is 0 Å². The van der Waals surface area contributed by atoms with E-state index in [0.29, 0.717) is 11.1 Å². The smallest absolute Gasteiger partial charge is 0.270 e. The molecular formula is C17H14N2O5. The van der Waals surface area contributed by atoms with Crippen LogP contribution in [0.15, 0.2) is 36.4 Å². The second kappa shape index (κ2) is 7.15. The van der Waals surface area contributed by atoms with Crippen molar-refractivity contribution in [2.24, 2.45) is 0 Å². The van der Waals surface area contributed by atoms with Gasteiger partial charge in [0.05, 0.1) is 30.8 Å². The molecule has 2 aromatic carbocycles. The van der Waals surface area contributed by atoms with Gasteiger partial charge in [0.1, 0.15) is 0 Å². The first-order chi connectivity index (χ1) is 11.5. The minimum atomic E-state index is -0.523. The maximum atomic E-state index is 10.9. The van der Waals surface area contributed by atoms with Crippen LogP contribution in [0.1, 0.15) is 11.1 Å². The predicted octanol–water partition coefficient (Wildman–Crippen LogP) is 3.38. The largest absolute Gasteiger partial charge is 0.502 e. The van der Waals surface area contributed by atoms with Crippen LogP contribution in [0.3, 0.4) is 0 Å². The molecular weight excluding hydrogens is 312 g/mol. The number of nitro benzene ring substituents is 1. The summed E-state index contributed by atoms with van der Waals surface area (Å²) >= 11 is 0. The number of non-ortho nitro benzene ring substituents is 1. The van der Waals surface area contributed by atoms with Crippen molar-refractivity contribution in [2.45, 2.75) is 0 Å². The van der Waals surface area contributed by atoms with Crippen LogP contribution < -0.4 is 9.47 Å². The first-order valence-corrected chi connectivity index (χ1v) is 6.81. The van der Waals surface area contributed by atoms with E-state index in [0.717, 1.165) is 0 Å². The molecule has 0 atom stereocenters. The standard InChI is InChI=1S/C17H14N2O5/c1-23-15-7-11(8-16(24-2)17(15)20)6-13(10-18)12-4-3-5-14(9-12)19(21)22/h3-9,20H,1-2H3/b13-6-. The summed E-state index contributed by atoms with van der Waals surface area (Å²) in [5.74, 6) is 0.236. The Balaban J connectivity index is 2.54. The third kappa shape index (κ3) is 3.44. The number of nitro groups is 1. The molecule has 7 heteroatoms. The Bertz CT molecular complexity index is 827. The van der Waals surface area contributed by atoms with Crippen molar-refractivity contribution in [1.29, 1.82) is 5.26 Å². The fourth-order valence-corrected chi connectivity index (χ4v) is 2.13. The highest BCUT2D eigenvalue weighted by Gasteiger charge is 2.12. The summed E-state index contributed by atoms with van der Waals surface area (Å²) in [4.78, 5) is 10.3. The number of hydrogen-bond acceptors (Lipinski definition) is 6. The summed E-state index contributed by atoms with van der Waals surface area (Å²) in [6, 6.07) is 10.9. The lowest BCUT2D eigenvalue weighted by Crippen LogP contribution is -1.91. The lowest BCUT2D eigenvalue weighted by Gasteiger charge is -2.10. The van der Waals surface area contributed by atoms with Gasteiger partial charge in [0.15, 0.2) is 11.5 Å². The molecule has 0 aliphatic heterocycles. The van der Waals surface area contributed by atoms with Gasteiger partial charge in [0.2, 0.25) is 5.75 Å². The number of benzene rings is 2. The molecule has 0 aliphatic rings. The van der Waals surface area contributed by atoms with Crippen LogP contribution in [-0.2, 0) is 0 Å². The highest BCUT2D eigenvalue weighted by molar-refractivity contribution is 5.90. The fourth-order valence-electron chi connectivity index (χ4n) is 2.13. The van der Waals surface area contributed by atoms with Gasteiger partial charge in [-0.2, -0.15) is 5.26 Å². The Morgan fingerprint density at radius 3 is 2.38 bits per heavy atom. The minimum absolute atomic E-state index is 0.102. The van der Waals surface area contributed by atoms with Crippen molar-refractivity contribution in [3.8, 4) is 23.3 Å². The van der Waals surface area contributed by atoms with Crippen molar-refractivity contribution in [3.05, 3.63) is 57.6 Å². The summed E-state index contributed by atoms with van der Waals surface area (Å²) in [5, 5.41) is 30.2. The maximum Gasteiger partial charge on any atom is 0.270 e. The predicted molar refractivity (Wildman–Crippen MR) is 87.8 cm³/mol. The number of nitrogens with zero attached hydrogens (tertiary/aromatic N) is 2. The number of hydrogen-bond donors (Lipinski definition) is 1. The van der Waals surface area contributed by atoms with E-state index in [1.165, 1.54) is 50.6 Å². The van der Waals surface area contributed by atoms with E-state index >= 15 is 0 Å². The first kappa shape index (κ1) is 16.8. The fraction of sp³-hybridized carbons (Fsp3) is 0.118.